The smallest absolute Gasteiger partial charge is 0.254 e. The molecule has 2 heterocycles. The van der Waals surface area contributed by atoms with Gasteiger partial charge in [0, 0.05) is 35.0 Å². The number of carbonyl (C=O) groups is 1. The van der Waals surface area contributed by atoms with Crippen molar-refractivity contribution in [3.8, 4) is 5.75 Å². The molecule has 3 rings (SSSR count). The number of rotatable bonds is 5. The molecule has 136 valence electrons. The number of hydrogen-bond acceptors (Lipinski definition) is 3. The predicted molar refractivity (Wildman–Crippen MR) is 104 cm³/mol. The molecule has 0 bridgehead atoms. The molecule has 1 aromatic carbocycles. The van der Waals surface area contributed by atoms with E-state index in [1.165, 1.54) is 0 Å². The molecule has 0 aliphatic rings. The van der Waals surface area contributed by atoms with Crippen LogP contribution >= 0.6 is 0 Å². The van der Waals surface area contributed by atoms with Crippen molar-refractivity contribution in [1.82, 2.24) is 14.9 Å². The third kappa shape index (κ3) is 3.17. The van der Waals surface area contributed by atoms with Crippen LogP contribution in [0.3, 0.4) is 0 Å². The number of hydrogen-bond donors (Lipinski definition) is 1. The number of nitrogens with one attached hydrogen (secondary N) is 1. The largest absolute Gasteiger partial charge is 0.497 e. The Balaban J connectivity index is 2.05. The Bertz CT molecular complexity index is 929. The summed E-state index contributed by atoms with van der Waals surface area (Å²) in [5.41, 5.74) is 3.73. The molecule has 0 fully saturated rings. The van der Waals surface area contributed by atoms with Gasteiger partial charge in [0.1, 0.15) is 5.75 Å². The molecule has 0 saturated carbocycles. The van der Waals surface area contributed by atoms with Gasteiger partial charge < -0.3 is 14.6 Å². The molecule has 5 heteroatoms. The number of pyridine rings is 1. The van der Waals surface area contributed by atoms with Gasteiger partial charge in [-0.25, -0.2) is 0 Å². The zero-order valence-electron chi connectivity index (χ0n) is 15.9. The van der Waals surface area contributed by atoms with Crippen LogP contribution in [0.1, 0.15) is 54.5 Å². The Labute approximate surface area is 154 Å². The number of amides is 1. The molecule has 2 aromatic heterocycles. The lowest BCUT2D eigenvalue weighted by atomic mass is 10.1. The van der Waals surface area contributed by atoms with Crippen molar-refractivity contribution in [2.75, 3.05) is 7.11 Å². The van der Waals surface area contributed by atoms with Gasteiger partial charge in [-0.2, -0.15) is 0 Å². The van der Waals surface area contributed by atoms with Gasteiger partial charge in [-0.05, 0) is 63.6 Å². The molecule has 1 atom stereocenters. The molecular weight excluding hydrogens is 326 g/mol. The Hall–Kier alpha value is -2.82. The number of methoxy groups -OCH3 is 1. The summed E-state index contributed by atoms with van der Waals surface area (Å²) in [7, 11) is 1.64. The van der Waals surface area contributed by atoms with Gasteiger partial charge in [0.25, 0.3) is 5.91 Å². The van der Waals surface area contributed by atoms with Crippen molar-refractivity contribution in [3.05, 3.63) is 59.5 Å². The summed E-state index contributed by atoms with van der Waals surface area (Å²) in [6.07, 6.45) is 3.47. The lowest BCUT2D eigenvalue weighted by molar-refractivity contribution is 0.0940. The number of ether oxygens (including phenoxy) is 1. The van der Waals surface area contributed by atoms with Crippen LogP contribution in [-0.4, -0.2) is 22.6 Å². The maximum atomic E-state index is 13.1. The number of aromatic nitrogens is 2. The molecule has 0 aliphatic heterocycles. The number of nitrogens with zero attached hydrogens (tertiary/aromatic N) is 2. The molecule has 0 aliphatic carbocycles. The molecule has 1 amide bonds. The van der Waals surface area contributed by atoms with Crippen molar-refractivity contribution in [3.63, 3.8) is 0 Å². The summed E-state index contributed by atoms with van der Waals surface area (Å²) < 4.78 is 7.56. The normalized spacial score (nSPS) is 12.4. The molecule has 1 N–H and O–H groups in total. The minimum absolute atomic E-state index is 0.0792. The molecular formula is C21H25N3O2. The standard InChI is InChI=1S/C21H25N3O2/c1-13(2)24-15(4)20(18-12-17(26-5)6-7-19(18)24)21(25)23-14(3)16-8-10-22-11-9-16/h6-14H,1-5H3,(H,23,25). The SMILES string of the molecule is COc1ccc2c(c1)c(C(=O)NC(C)c1ccncc1)c(C)n2C(C)C. The first kappa shape index (κ1) is 18.0. The predicted octanol–water partition coefficient (Wildman–Crippen LogP) is 4.43. The van der Waals surface area contributed by atoms with Crippen LogP contribution in [0.4, 0.5) is 0 Å². The Kier molecular flexibility index (Phi) is 4.98. The second kappa shape index (κ2) is 7.20. The first-order valence-corrected chi connectivity index (χ1v) is 8.83. The third-order valence-electron chi connectivity index (χ3n) is 4.75. The van der Waals surface area contributed by atoms with E-state index in [1.807, 2.05) is 44.2 Å². The van der Waals surface area contributed by atoms with Crippen LogP contribution in [0.2, 0.25) is 0 Å². The van der Waals surface area contributed by atoms with Crippen LogP contribution in [0.25, 0.3) is 10.9 Å². The van der Waals surface area contributed by atoms with E-state index in [4.69, 9.17) is 4.74 Å². The van der Waals surface area contributed by atoms with Crippen molar-refractivity contribution in [2.24, 2.45) is 0 Å². The van der Waals surface area contributed by atoms with Gasteiger partial charge in [0.2, 0.25) is 0 Å². The van der Waals surface area contributed by atoms with Crippen LogP contribution in [-0.2, 0) is 0 Å². The van der Waals surface area contributed by atoms with Crippen molar-refractivity contribution in [2.45, 2.75) is 39.8 Å². The summed E-state index contributed by atoms with van der Waals surface area (Å²) >= 11 is 0. The zero-order chi connectivity index (χ0) is 18.8. The molecule has 5 nitrogen and oxygen atoms in total. The lowest BCUT2D eigenvalue weighted by Crippen LogP contribution is -2.27. The number of fused-ring (bicyclic) bond motifs is 1. The molecule has 1 unspecified atom stereocenters. The van der Waals surface area contributed by atoms with Gasteiger partial charge in [-0.3, -0.25) is 9.78 Å². The van der Waals surface area contributed by atoms with Gasteiger partial charge in [-0.1, -0.05) is 0 Å². The van der Waals surface area contributed by atoms with Crippen LogP contribution in [0.5, 0.6) is 5.75 Å². The highest BCUT2D eigenvalue weighted by Crippen LogP contribution is 2.32. The average molecular weight is 351 g/mol. The van der Waals surface area contributed by atoms with Crippen molar-refractivity contribution >= 4 is 16.8 Å². The van der Waals surface area contributed by atoms with Gasteiger partial charge in [0.15, 0.2) is 0 Å². The van der Waals surface area contributed by atoms with Gasteiger partial charge in [-0.15, -0.1) is 0 Å². The van der Waals surface area contributed by atoms with E-state index in [2.05, 4.69) is 28.7 Å². The monoisotopic (exact) mass is 351 g/mol. The first-order chi connectivity index (χ1) is 12.4. The molecule has 3 aromatic rings. The van der Waals surface area contributed by atoms with Crippen molar-refractivity contribution in [1.29, 1.82) is 0 Å². The fourth-order valence-electron chi connectivity index (χ4n) is 3.50. The number of carbonyl (C=O) groups excluding carboxylic acids is 1. The summed E-state index contributed by atoms with van der Waals surface area (Å²) in [5, 5.41) is 4.03. The first-order valence-electron chi connectivity index (χ1n) is 8.83. The highest BCUT2D eigenvalue weighted by atomic mass is 16.5. The Morgan fingerprint density at radius 2 is 1.85 bits per heavy atom. The fourth-order valence-corrected chi connectivity index (χ4v) is 3.50. The van der Waals surface area contributed by atoms with E-state index in [9.17, 15) is 4.79 Å². The average Bonchev–Trinajstić information content (AvgIpc) is 2.93. The molecule has 0 spiro atoms. The van der Waals surface area contributed by atoms with Crippen LogP contribution < -0.4 is 10.1 Å². The van der Waals surface area contributed by atoms with E-state index in [0.717, 1.165) is 27.9 Å². The molecule has 0 saturated heterocycles. The van der Waals surface area contributed by atoms with E-state index in [1.54, 1.807) is 19.5 Å². The van der Waals surface area contributed by atoms with E-state index in [-0.39, 0.29) is 18.0 Å². The lowest BCUT2D eigenvalue weighted by Gasteiger charge is -2.15. The number of benzene rings is 1. The van der Waals surface area contributed by atoms with Gasteiger partial charge >= 0.3 is 0 Å². The third-order valence-corrected chi connectivity index (χ3v) is 4.75. The van der Waals surface area contributed by atoms with E-state index in [0.29, 0.717) is 5.56 Å². The second-order valence-corrected chi connectivity index (χ2v) is 6.78. The highest BCUT2D eigenvalue weighted by molar-refractivity contribution is 6.09. The quantitative estimate of drug-likeness (QED) is 0.740. The summed E-state index contributed by atoms with van der Waals surface area (Å²) in [6.45, 7) is 8.22. The van der Waals surface area contributed by atoms with Crippen molar-refractivity contribution < 1.29 is 9.53 Å². The van der Waals surface area contributed by atoms with E-state index >= 15 is 0 Å². The van der Waals surface area contributed by atoms with E-state index < -0.39 is 0 Å². The minimum Gasteiger partial charge on any atom is -0.497 e. The minimum atomic E-state index is -0.104. The van der Waals surface area contributed by atoms with Gasteiger partial charge in [0.05, 0.1) is 18.7 Å². The second-order valence-electron chi connectivity index (χ2n) is 6.78. The maximum absolute atomic E-state index is 13.1. The van der Waals surface area contributed by atoms with Crippen LogP contribution in [0, 0.1) is 6.92 Å². The van der Waals surface area contributed by atoms with Crippen LogP contribution in [0.15, 0.2) is 42.7 Å². The Morgan fingerprint density at radius 1 is 1.15 bits per heavy atom. The zero-order valence-corrected chi connectivity index (χ0v) is 15.9. The fraction of sp³-hybridized carbons (Fsp3) is 0.333. The molecule has 0 radical (unpaired) electrons. The topological polar surface area (TPSA) is 56.1 Å². The highest BCUT2D eigenvalue weighted by Gasteiger charge is 2.23. The summed E-state index contributed by atoms with van der Waals surface area (Å²) in [5.74, 6) is 0.666. The Morgan fingerprint density at radius 3 is 2.46 bits per heavy atom. The summed E-state index contributed by atoms with van der Waals surface area (Å²) in [6, 6.07) is 9.87. The maximum Gasteiger partial charge on any atom is 0.254 e. The summed E-state index contributed by atoms with van der Waals surface area (Å²) in [4.78, 5) is 17.1. The molecule has 26 heavy (non-hydrogen) atoms.